The van der Waals surface area contributed by atoms with Crippen molar-refractivity contribution in [3.8, 4) is 11.5 Å². The molecule has 0 aliphatic carbocycles. The lowest BCUT2D eigenvalue weighted by Gasteiger charge is -2.28. The summed E-state index contributed by atoms with van der Waals surface area (Å²) in [5.41, 5.74) is 1.49. The maximum atomic E-state index is 12.9. The number of hydrogen-bond donors (Lipinski definition) is 2. The molecular formula is C32H41N7O8. The molecule has 15 heteroatoms. The number of aromatic amines is 1. The quantitative estimate of drug-likeness (QED) is 0.133. The molecule has 0 spiro atoms. The maximum absolute atomic E-state index is 12.9. The molecule has 0 aromatic carbocycles. The molecule has 4 heterocycles. The molecule has 4 rings (SSSR count). The van der Waals surface area contributed by atoms with Crippen molar-refractivity contribution >= 4 is 41.4 Å². The summed E-state index contributed by atoms with van der Waals surface area (Å²) in [4.78, 5) is 63.9. The second-order valence-electron chi connectivity index (χ2n) is 12.6. The number of ether oxygens (including phenoxy) is 4. The van der Waals surface area contributed by atoms with Gasteiger partial charge in [-0.2, -0.15) is 5.10 Å². The Balaban J connectivity index is 1.45. The van der Waals surface area contributed by atoms with Crippen molar-refractivity contribution in [1.82, 2.24) is 29.6 Å². The number of imide groups is 1. The number of nitrogens with zero attached hydrogens (tertiary/aromatic N) is 5. The molecule has 0 radical (unpaired) electrons. The first kappa shape index (κ1) is 34.8. The van der Waals surface area contributed by atoms with Gasteiger partial charge in [0.2, 0.25) is 0 Å². The Hall–Kier alpha value is -5.05. The van der Waals surface area contributed by atoms with Crippen molar-refractivity contribution < 1.29 is 38.1 Å². The third kappa shape index (κ3) is 9.03. The van der Waals surface area contributed by atoms with Crippen molar-refractivity contribution in [2.24, 2.45) is 0 Å². The third-order valence-electron chi connectivity index (χ3n) is 6.38. The highest BCUT2D eigenvalue weighted by molar-refractivity contribution is 6.34. The van der Waals surface area contributed by atoms with E-state index < -0.39 is 29.4 Å². The summed E-state index contributed by atoms with van der Waals surface area (Å²) in [5, 5.41) is 7.11. The molecule has 0 fully saturated rings. The number of aromatic nitrogens is 5. The van der Waals surface area contributed by atoms with E-state index in [4.69, 9.17) is 18.9 Å². The van der Waals surface area contributed by atoms with Gasteiger partial charge in [-0.3, -0.25) is 9.48 Å². The SMILES string of the molecule is CCOC(=O)c1cc(C)[nH]c1/C=C1\C(=O)Nc2cnc(-c3ccnn3CCOCCN(C(=O)OC(C)(C)C)C(=O)OC(C)(C)C)nc21. The summed E-state index contributed by atoms with van der Waals surface area (Å²) >= 11 is 0. The Morgan fingerprint density at radius 1 is 1.04 bits per heavy atom. The highest BCUT2D eigenvalue weighted by atomic mass is 16.6. The molecule has 2 N–H and O–H groups in total. The molecule has 0 saturated carbocycles. The molecule has 0 saturated heterocycles. The van der Waals surface area contributed by atoms with Gasteiger partial charge in [-0.05, 0) is 73.6 Å². The fourth-order valence-corrected chi connectivity index (χ4v) is 4.48. The van der Waals surface area contributed by atoms with Crippen LogP contribution in [0.3, 0.4) is 0 Å². The number of H-pyrrole nitrogens is 1. The Morgan fingerprint density at radius 3 is 2.36 bits per heavy atom. The minimum absolute atomic E-state index is 0.0262. The minimum atomic E-state index is -0.830. The molecule has 252 valence electrons. The van der Waals surface area contributed by atoms with Crippen molar-refractivity contribution in [1.29, 1.82) is 0 Å². The number of fused-ring (bicyclic) bond motifs is 1. The van der Waals surface area contributed by atoms with Gasteiger partial charge in [0.15, 0.2) is 5.82 Å². The van der Waals surface area contributed by atoms with E-state index in [9.17, 15) is 19.2 Å². The van der Waals surface area contributed by atoms with E-state index in [1.807, 2.05) is 0 Å². The standard InChI is InChI=1S/C32H41N7O8/c1-9-45-28(41)20-16-19(2)35-22(20)17-21-25-23(36-27(21)40)18-33-26(37-25)24-10-11-34-39(24)13-15-44-14-12-38(29(42)46-31(3,4)5)30(43)47-32(6,7)8/h10-11,16-18,35H,9,12-15H2,1-8H3,(H,36,40)/b21-17-. The van der Waals surface area contributed by atoms with Gasteiger partial charge in [0.25, 0.3) is 5.91 Å². The van der Waals surface area contributed by atoms with Crippen LogP contribution in [0.5, 0.6) is 0 Å². The lowest BCUT2D eigenvalue weighted by Crippen LogP contribution is -2.45. The van der Waals surface area contributed by atoms with Crippen molar-refractivity contribution in [2.75, 3.05) is 31.7 Å². The first-order chi connectivity index (χ1) is 22.1. The number of carbonyl (C=O) groups is 4. The van der Waals surface area contributed by atoms with Crippen LogP contribution in [0.25, 0.3) is 23.2 Å². The number of carbonyl (C=O) groups excluding carboxylic acids is 4. The first-order valence-corrected chi connectivity index (χ1v) is 15.2. The summed E-state index contributed by atoms with van der Waals surface area (Å²) in [7, 11) is 0. The van der Waals surface area contributed by atoms with Crippen LogP contribution in [0.4, 0.5) is 15.3 Å². The van der Waals surface area contributed by atoms with Gasteiger partial charge < -0.3 is 29.2 Å². The fourth-order valence-electron chi connectivity index (χ4n) is 4.48. The molecule has 1 aliphatic rings. The molecule has 3 aromatic heterocycles. The van der Waals surface area contributed by atoms with Crippen LogP contribution in [0, 0.1) is 6.92 Å². The summed E-state index contributed by atoms with van der Waals surface area (Å²) in [6.07, 6.45) is 3.01. The van der Waals surface area contributed by atoms with Gasteiger partial charge in [-0.15, -0.1) is 0 Å². The third-order valence-corrected chi connectivity index (χ3v) is 6.38. The van der Waals surface area contributed by atoms with Gasteiger partial charge in [-0.1, -0.05) is 0 Å². The predicted octanol–water partition coefficient (Wildman–Crippen LogP) is 4.83. The predicted molar refractivity (Wildman–Crippen MR) is 171 cm³/mol. The van der Waals surface area contributed by atoms with E-state index in [1.165, 1.54) is 6.20 Å². The van der Waals surface area contributed by atoms with Crippen molar-refractivity contribution in [2.45, 2.75) is 73.1 Å². The van der Waals surface area contributed by atoms with Crippen LogP contribution in [-0.4, -0.2) is 91.3 Å². The Labute approximate surface area is 272 Å². The van der Waals surface area contributed by atoms with Gasteiger partial charge in [0.05, 0.1) is 61.6 Å². The van der Waals surface area contributed by atoms with Gasteiger partial charge in [-0.25, -0.2) is 29.3 Å². The Bertz CT molecular complexity index is 1650. The Morgan fingerprint density at radius 2 is 1.72 bits per heavy atom. The molecule has 47 heavy (non-hydrogen) atoms. The van der Waals surface area contributed by atoms with E-state index in [-0.39, 0.29) is 37.8 Å². The average molecular weight is 652 g/mol. The number of aryl methyl sites for hydroxylation is 1. The van der Waals surface area contributed by atoms with Gasteiger partial charge >= 0.3 is 18.2 Å². The van der Waals surface area contributed by atoms with Crippen LogP contribution >= 0.6 is 0 Å². The highest BCUT2D eigenvalue weighted by Crippen LogP contribution is 2.33. The van der Waals surface area contributed by atoms with Crippen LogP contribution in [-0.2, 0) is 30.3 Å². The zero-order valence-corrected chi connectivity index (χ0v) is 27.9. The van der Waals surface area contributed by atoms with E-state index in [0.717, 1.165) is 10.6 Å². The lowest BCUT2D eigenvalue weighted by atomic mass is 10.1. The minimum Gasteiger partial charge on any atom is -0.462 e. The molecule has 0 bridgehead atoms. The van der Waals surface area contributed by atoms with E-state index in [0.29, 0.717) is 40.7 Å². The molecule has 1 aliphatic heterocycles. The number of esters is 1. The highest BCUT2D eigenvalue weighted by Gasteiger charge is 2.31. The van der Waals surface area contributed by atoms with Gasteiger partial charge in [0, 0.05) is 11.9 Å². The maximum Gasteiger partial charge on any atom is 0.419 e. The summed E-state index contributed by atoms with van der Waals surface area (Å²) in [5.74, 6) is -0.570. The molecule has 15 nitrogen and oxygen atoms in total. The van der Waals surface area contributed by atoms with Crippen LogP contribution in [0.15, 0.2) is 24.5 Å². The number of anilines is 1. The zero-order chi connectivity index (χ0) is 34.5. The van der Waals surface area contributed by atoms with Crippen LogP contribution < -0.4 is 5.32 Å². The van der Waals surface area contributed by atoms with Crippen LogP contribution in [0.2, 0.25) is 0 Å². The number of nitrogens with one attached hydrogen (secondary N) is 2. The fraction of sp³-hybridized carbons (Fsp3) is 0.469. The van der Waals surface area contributed by atoms with Crippen molar-refractivity contribution in [3.63, 3.8) is 0 Å². The van der Waals surface area contributed by atoms with Gasteiger partial charge in [0.1, 0.15) is 22.6 Å². The second kappa shape index (κ2) is 14.2. The summed E-state index contributed by atoms with van der Waals surface area (Å²) in [6.45, 7) is 14.4. The molecule has 3 amide bonds. The number of hydrogen-bond acceptors (Lipinski definition) is 11. The zero-order valence-electron chi connectivity index (χ0n) is 27.9. The topological polar surface area (TPSA) is 180 Å². The first-order valence-electron chi connectivity index (χ1n) is 15.2. The lowest BCUT2D eigenvalue weighted by molar-refractivity contribution is -0.110. The van der Waals surface area contributed by atoms with E-state index >= 15 is 0 Å². The van der Waals surface area contributed by atoms with E-state index in [2.05, 4.69) is 25.4 Å². The monoisotopic (exact) mass is 651 g/mol. The largest absolute Gasteiger partial charge is 0.462 e. The average Bonchev–Trinajstić information content (AvgIpc) is 3.65. The smallest absolute Gasteiger partial charge is 0.419 e. The summed E-state index contributed by atoms with van der Waals surface area (Å²) < 4.78 is 23.3. The van der Waals surface area contributed by atoms with E-state index in [1.54, 1.807) is 84.5 Å². The van der Waals surface area contributed by atoms with Crippen LogP contribution in [0.1, 0.15) is 75.9 Å². The normalized spacial score (nSPS) is 13.7. The molecule has 3 aromatic rings. The molecular weight excluding hydrogens is 610 g/mol. The van der Waals surface area contributed by atoms with Crippen molar-refractivity contribution in [3.05, 3.63) is 47.2 Å². The molecule has 0 unspecified atom stereocenters. The Kier molecular flexibility index (Phi) is 10.5. The molecule has 0 atom stereocenters. The summed E-state index contributed by atoms with van der Waals surface area (Å²) in [6, 6.07) is 3.39. The number of rotatable bonds is 10. The number of amides is 3. The second-order valence-corrected chi connectivity index (χ2v) is 12.6.